The zero-order chi connectivity index (χ0) is 37.7. The quantitative estimate of drug-likeness (QED) is 0.135. The third-order valence-electron chi connectivity index (χ3n) is 10.0. The lowest BCUT2D eigenvalue weighted by Gasteiger charge is -2.10. The average molecular weight is 786 g/mol. The maximum Gasteiger partial charge on any atom is 0.607 e. The monoisotopic (exact) mass is 785 g/mol. The van der Waals surface area contributed by atoms with Gasteiger partial charge in [-0.2, -0.15) is 26.0 Å². The fraction of sp³-hybridized carbons (Fsp3) is 0. The largest absolute Gasteiger partial charge is 0.607 e. The number of nitrogens with zero attached hydrogens (tertiary/aromatic N) is 6. The molecule has 0 aliphatic carbocycles. The number of hydrogen-bond donors (Lipinski definition) is 3. The van der Waals surface area contributed by atoms with Gasteiger partial charge in [-0.15, -0.1) is 0 Å². The summed E-state index contributed by atoms with van der Waals surface area (Å²) in [5.74, 6) is 2.74. The molecule has 5 aliphatic rings. The van der Waals surface area contributed by atoms with Gasteiger partial charge in [-0.3, -0.25) is 13.7 Å². The van der Waals surface area contributed by atoms with E-state index in [9.17, 15) is 34.7 Å². The first kappa shape index (κ1) is 32.4. The van der Waals surface area contributed by atoms with Gasteiger partial charge in [0.05, 0.1) is 43.2 Å². The highest BCUT2D eigenvalue weighted by Crippen LogP contribution is 2.36. The van der Waals surface area contributed by atoms with E-state index < -0.39 is 31.6 Å². The molecule has 19 heteroatoms. The number of aliphatic imine (C=N–C) groups is 4. The number of hydrogen-bond acceptors (Lipinski definition) is 10. The molecule has 3 N–H and O–H groups in total. The summed E-state index contributed by atoms with van der Waals surface area (Å²) in [5.41, 5.74) is 3.89. The van der Waals surface area contributed by atoms with Crippen LogP contribution < -0.4 is 4.18 Å². The standard InChI is InChI=1S/C36H18BN6O9S3/c44-53(45)52-22-4-1-16-10-25-26(13-19(16)7-22)32-38-31(25)39-33-27-11-17-2-5-24(55(49,50)51)9-21(17)15-30(27)36-41-35-28-12-18-3-6-23(54(46,47)48)8-20(18)14-29(28)34(40-32)43(35)37-42(33)36/h1-15H,(H,44,45)(H,46,47,48)(H,49,50,51)/q+2. The predicted molar refractivity (Wildman–Crippen MR) is 204 cm³/mol. The van der Waals surface area contributed by atoms with Gasteiger partial charge >= 0.3 is 18.9 Å². The van der Waals surface area contributed by atoms with Crippen molar-refractivity contribution < 1.29 is 47.9 Å². The lowest BCUT2D eigenvalue weighted by molar-refractivity contribution is -0.378. The molecule has 5 heterocycles. The molecule has 5 aliphatic heterocycles. The SMILES string of the molecule is O=S(O)Oc1ccc2cc3c(cc2c1)C1=NC2=[N+]4[B][N+]5=C(N=C4c4cc6ccc(S(=O)(=O)O)cc6cc42)c2cc4cc(S(=O)(=O)O)ccc4cc2C5=NC3=N1. The maximum atomic E-state index is 12.1. The Balaban J connectivity index is 1.21. The summed E-state index contributed by atoms with van der Waals surface area (Å²) in [4.78, 5) is 19.8. The normalized spacial score (nSPS) is 17.0. The summed E-state index contributed by atoms with van der Waals surface area (Å²) < 4.78 is 97.2. The highest BCUT2D eigenvalue weighted by Gasteiger charge is 2.48. The van der Waals surface area contributed by atoms with Crippen molar-refractivity contribution in [3.8, 4) is 5.75 Å². The van der Waals surface area contributed by atoms with Crippen LogP contribution in [0.15, 0.2) is 121 Å². The van der Waals surface area contributed by atoms with E-state index in [1.165, 1.54) is 24.3 Å². The van der Waals surface area contributed by atoms with Gasteiger partial charge in [0.15, 0.2) is 0 Å². The first-order valence-electron chi connectivity index (χ1n) is 16.3. The fourth-order valence-electron chi connectivity index (χ4n) is 7.59. The van der Waals surface area contributed by atoms with Crippen molar-refractivity contribution >= 4 is 106 Å². The van der Waals surface area contributed by atoms with Crippen LogP contribution in [0, 0.1) is 0 Å². The molecule has 6 aromatic rings. The van der Waals surface area contributed by atoms with Crippen LogP contribution in [0.1, 0.15) is 33.4 Å². The molecule has 11 rings (SSSR count). The summed E-state index contributed by atoms with van der Waals surface area (Å²) >= 11 is -2.53. The van der Waals surface area contributed by atoms with Crippen molar-refractivity contribution in [2.75, 3.05) is 0 Å². The molecule has 0 saturated heterocycles. The number of rotatable bonds is 4. The van der Waals surface area contributed by atoms with Gasteiger partial charge in [-0.05, 0) is 105 Å². The van der Waals surface area contributed by atoms with Crippen LogP contribution in [0.3, 0.4) is 0 Å². The smallest absolute Gasteiger partial charge is 0.380 e. The summed E-state index contributed by atoms with van der Waals surface area (Å²) in [7, 11) is -7.16. The highest BCUT2D eigenvalue weighted by atomic mass is 32.2. The fourth-order valence-corrected chi connectivity index (χ4v) is 8.90. The van der Waals surface area contributed by atoms with E-state index >= 15 is 0 Å². The van der Waals surface area contributed by atoms with Gasteiger partial charge in [0.25, 0.3) is 43.6 Å². The zero-order valence-corrected chi connectivity index (χ0v) is 29.9. The Morgan fingerprint density at radius 1 is 0.527 bits per heavy atom. The lowest BCUT2D eigenvalue weighted by Crippen LogP contribution is -2.42. The molecule has 0 aromatic heterocycles. The molecule has 4 bridgehead atoms. The summed E-state index contributed by atoms with van der Waals surface area (Å²) in [6.45, 7) is 0. The topological polar surface area (TPSA) is 211 Å². The van der Waals surface area contributed by atoms with Crippen LogP contribution in [0.2, 0.25) is 0 Å². The molecule has 0 amide bonds. The molecule has 1 radical (unpaired) electrons. The molecule has 0 fully saturated rings. The van der Waals surface area contributed by atoms with E-state index in [4.69, 9.17) is 24.2 Å². The molecule has 265 valence electrons. The van der Waals surface area contributed by atoms with Gasteiger partial charge in [-0.1, -0.05) is 33.2 Å². The van der Waals surface area contributed by atoms with Crippen LogP contribution in [0.5, 0.6) is 5.75 Å². The van der Waals surface area contributed by atoms with Crippen LogP contribution in [0.4, 0.5) is 0 Å². The Kier molecular flexibility index (Phi) is 6.34. The molecule has 6 aromatic carbocycles. The molecule has 1 unspecified atom stereocenters. The summed E-state index contributed by atoms with van der Waals surface area (Å²) in [6, 6.07) is 24.7. The summed E-state index contributed by atoms with van der Waals surface area (Å²) in [5, 5.41) is 3.90. The Bertz CT molecular complexity index is 3410. The third-order valence-corrected chi connectivity index (χ3v) is 12.1. The van der Waals surface area contributed by atoms with Crippen molar-refractivity contribution in [3.05, 3.63) is 124 Å². The second kappa shape index (κ2) is 10.8. The zero-order valence-electron chi connectivity index (χ0n) is 27.4. The Morgan fingerprint density at radius 2 is 0.982 bits per heavy atom. The first-order valence-corrected chi connectivity index (χ1v) is 20.2. The van der Waals surface area contributed by atoms with E-state index in [0.717, 1.165) is 5.39 Å². The average Bonchev–Trinajstić information content (AvgIpc) is 3.73. The number of fused-ring (bicyclic) bond motifs is 13. The second-order valence-corrected chi connectivity index (χ2v) is 16.7. The summed E-state index contributed by atoms with van der Waals surface area (Å²) in [6.07, 6.45) is 0. The second-order valence-electron chi connectivity index (χ2n) is 13.2. The number of amidine groups is 6. The van der Waals surface area contributed by atoms with E-state index in [1.54, 1.807) is 51.4 Å². The van der Waals surface area contributed by atoms with Crippen molar-refractivity contribution in [3.63, 3.8) is 0 Å². The Hall–Kier alpha value is -6.09. The van der Waals surface area contributed by atoms with Crippen molar-refractivity contribution in [2.24, 2.45) is 20.0 Å². The first-order chi connectivity index (χ1) is 26.3. The third kappa shape index (κ3) is 4.81. The molecular formula is C36H18BN6O9S3+2. The minimum absolute atomic E-state index is 0.184. The predicted octanol–water partition coefficient (Wildman–Crippen LogP) is 3.66. The van der Waals surface area contributed by atoms with Gasteiger partial charge in [-0.25, -0.2) is 8.97 Å². The van der Waals surface area contributed by atoms with E-state index in [-0.39, 0.29) is 15.5 Å². The van der Waals surface area contributed by atoms with Crippen LogP contribution in [-0.2, 0) is 31.6 Å². The molecular weight excluding hydrogens is 767 g/mol. The molecule has 15 nitrogen and oxygen atoms in total. The van der Waals surface area contributed by atoms with Crippen molar-refractivity contribution in [1.29, 1.82) is 0 Å². The Labute approximate surface area is 313 Å². The van der Waals surface area contributed by atoms with Crippen LogP contribution >= 0.6 is 0 Å². The van der Waals surface area contributed by atoms with Gasteiger partial charge in [0, 0.05) is 0 Å². The maximum absolute atomic E-state index is 12.1. The van der Waals surface area contributed by atoms with Gasteiger partial charge in [0.1, 0.15) is 5.75 Å². The van der Waals surface area contributed by atoms with Crippen molar-refractivity contribution in [2.45, 2.75) is 9.79 Å². The van der Waals surface area contributed by atoms with Crippen LogP contribution in [-0.4, -0.2) is 86.2 Å². The Morgan fingerprint density at radius 3 is 1.55 bits per heavy atom. The number of benzene rings is 6. The molecule has 0 spiro atoms. The van der Waals surface area contributed by atoms with Gasteiger partial charge in [0.2, 0.25) is 11.7 Å². The van der Waals surface area contributed by atoms with E-state index in [1.807, 2.05) is 31.8 Å². The van der Waals surface area contributed by atoms with Crippen molar-refractivity contribution in [1.82, 2.24) is 0 Å². The molecule has 0 saturated carbocycles. The van der Waals surface area contributed by atoms with E-state index in [0.29, 0.717) is 95.3 Å². The lowest BCUT2D eigenvalue weighted by atomic mass is 10.00. The minimum Gasteiger partial charge on any atom is -0.380 e. The van der Waals surface area contributed by atoms with E-state index in [2.05, 4.69) is 0 Å². The minimum atomic E-state index is -4.49. The van der Waals surface area contributed by atoms with Gasteiger partial charge < -0.3 is 4.18 Å². The molecule has 1 atom stereocenters. The van der Waals surface area contributed by atoms with Crippen LogP contribution in [0.25, 0.3) is 32.3 Å². The molecule has 55 heavy (non-hydrogen) atoms. The highest BCUT2D eigenvalue weighted by molar-refractivity contribution is 7.86.